The highest BCUT2D eigenvalue weighted by molar-refractivity contribution is 8.20. The molecule has 0 aromatic rings. The zero-order valence-corrected chi connectivity index (χ0v) is 26.7. The van der Waals surface area contributed by atoms with E-state index in [1.165, 1.54) is 0 Å². The van der Waals surface area contributed by atoms with E-state index in [0.29, 0.717) is 49.6 Å². The third-order valence-electron chi connectivity index (χ3n) is 7.52. The predicted octanol–water partition coefficient (Wildman–Crippen LogP) is 3.67. The number of nitrogens with zero attached hydrogens (tertiary/aromatic N) is 2. The lowest BCUT2D eigenvalue weighted by Crippen LogP contribution is -2.36. The molecule has 0 radical (unpaired) electrons. The van der Waals surface area contributed by atoms with Gasteiger partial charge in [-0.15, -0.1) is 0 Å². The van der Waals surface area contributed by atoms with E-state index in [1.807, 2.05) is 9.66 Å². The Balaban J connectivity index is 2.14. The van der Waals surface area contributed by atoms with Crippen molar-refractivity contribution in [1.29, 1.82) is 0 Å². The van der Waals surface area contributed by atoms with Gasteiger partial charge in [0.15, 0.2) is 4.58 Å². The molecule has 0 aromatic heterocycles. The third kappa shape index (κ3) is 11.6. The summed E-state index contributed by atoms with van der Waals surface area (Å²) in [6.07, 6.45) is 12.2. The zero-order valence-electron chi connectivity index (χ0n) is 23.4. The van der Waals surface area contributed by atoms with Gasteiger partial charge in [-0.1, -0.05) is 90.4 Å². The lowest BCUT2D eigenvalue weighted by molar-refractivity contribution is 0.478. The quantitative estimate of drug-likeness (QED) is 0.0977. The van der Waals surface area contributed by atoms with Crippen LogP contribution in [0.25, 0.3) is 0 Å². The van der Waals surface area contributed by atoms with Crippen LogP contribution in [0.1, 0.15) is 122 Å². The van der Waals surface area contributed by atoms with Gasteiger partial charge in [0.25, 0.3) is 0 Å². The molecule has 0 unspecified atom stereocenters. The van der Waals surface area contributed by atoms with Gasteiger partial charge in [0.2, 0.25) is 39.7 Å². The van der Waals surface area contributed by atoms with Crippen LogP contribution in [0.3, 0.4) is 0 Å². The molecule has 234 valence electrons. The Bertz CT molecular complexity index is 1160. The van der Waals surface area contributed by atoms with Crippen LogP contribution in [0.5, 0.6) is 0 Å². The predicted molar refractivity (Wildman–Crippen MR) is 159 cm³/mol. The number of sulfone groups is 2. The minimum Gasteiger partial charge on any atom is -0.221 e. The first-order chi connectivity index (χ1) is 18.8. The molecule has 0 bridgehead atoms. The molecular weight excluding hydrogens is 601 g/mol. The summed E-state index contributed by atoms with van der Waals surface area (Å²) in [5.74, 6) is 0. The van der Waals surface area contributed by atoms with Crippen LogP contribution in [-0.4, -0.2) is 59.8 Å². The van der Waals surface area contributed by atoms with Crippen molar-refractivity contribution in [3.63, 3.8) is 0 Å². The van der Waals surface area contributed by atoms with Gasteiger partial charge in [-0.05, 0) is 32.1 Å². The Hall–Kier alpha value is -1.26. The van der Waals surface area contributed by atoms with Crippen LogP contribution < -0.4 is 9.66 Å². The highest BCUT2D eigenvalue weighted by Gasteiger charge is 2.36. The van der Waals surface area contributed by atoms with E-state index < -0.39 is 54.8 Å². The average Bonchev–Trinajstić information content (AvgIpc) is 2.90. The second-order valence-corrected chi connectivity index (χ2v) is 18.9. The summed E-state index contributed by atoms with van der Waals surface area (Å²) in [6, 6.07) is 0. The lowest BCUT2D eigenvalue weighted by Gasteiger charge is -2.21. The fourth-order valence-corrected chi connectivity index (χ4v) is 11.3. The fraction of sp³-hybridized carbons (Fsp3) is 0.917. The molecule has 0 aromatic carbocycles. The summed E-state index contributed by atoms with van der Waals surface area (Å²) in [6.45, 7) is 2.09. The Labute approximate surface area is 241 Å². The van der Waals surface area contributed by atoms with E-state index in [1.54, 1.807) is 0 Å². The molecule has 0 spiro atoms. The van der Waals surface area contributed by atoms with Crippen LogP contribution >= 0.6 is 0 Å². The van der Waals surface area contributed by atoms with E-state index in [0.717, 1.165) is 70.6 Å². The molecule has 40 heavy (non-hydrogen) atoms. The van der Waals surface area contributed by atoms with E-state index >= 15 is 0 Å². The van der Waals surface area contributed by atoms with Crippen molar-refractivity contribution in [3.8, 4) is 0 Å². The normalized spacial score (nSPS) is 19.7. The number of hydrogen-bond acceptors (Lipinski definition) is 10. The Morgan fingerprint density at radius 1 is 0.600 bits per heavy atom. The van der Waals surface area contributed by atoms with Crippen LogP contribution in [0.2, 0.25) is 0 Å². The van der Waals surface area contributed by atoms with Crippen molar-refractivity contribution in [2.45, 2.75) is 138 Å². The van der Waals surface area contributed by atoms with Gasteiger partial charge in [0.1, 0.15) is 11.1 Å². The summed E-state index contributed by atoms with van der Waals surface area (Å²) in [4.78, 5) is 3.86. The summed E-state index contributed by atoms with van der Waals surface area (Å²) in [5.41, 5.74) is 0.660. The fourth-order valence-electron chi connectivity index (χ4n) is 5.16. The summed E-state index contributed by atoms with van der Waals surface area (Å²) < 4.78 is 100. The number of sulfonamides is 2. The Morgan fingerprint density at radius 3 is 1.38 bits per heavy atom. The van der Waals surface area contributed by atoms with Gasteiger partial charge in [-0.25, -0.2) is 43.3 Å². The van der Waals surface area contributed by atoms with Crippen LogP contribution in [-0.2, 0) is 39.7 Å². The second kappa shape index (κ2) is 16.4. The number of nitrogens with one attached hydrogen (secondary N) is 2. The molecule has 0 saturated heterocycles. The molecule has 0 amide bonds. The van der Waals surface area contributed by atoms with Crippen LogP contribution in [0, 0.1) is 0 Å². The highest BCUT2D eigenvalue weighted by Crippen LogP contribution is 2.24. The van der Waals surface area contributed by atoms with Crippen molar-refractivity contribution < 1.29 is 33.7 Å². The topological polar surface area (TPSA) is 185 Å². The second-order valence-electron chi connectivity index (χ2n) is 10.8. The van der Waals surface area contributed by atoms with Gasteiger partial charge >= 0.3 is 0 Å². The van der Waals surface area contributed by atoms with Crippen molar-refractivity contribution in [1.82, 2.24) is 9.66 Å². The average molecular weight is 647 g/mol. The molecule has 2 saturated carbocycles. The molecule has 0 aliphatic heterocycles. The number of hydrazone groups is 2. The highest BCUT2D eigenvalue weighted by atomic mass is 32.3. The molecule has 2 N–H and O–H groups in total. The largest absolute Gasteiger partial charge is 0.250 e. The molecule has 2 rings (SSSR count). The Morgan fingerprint density at radius 2 is 0.975 bits per heavy atom. The van der Waals surface area contributed by atoms with Gasteiger partial charge in [0, 0.05) is 0 Å². The molecule has 16 heteroatoms. The maximum atomic E-state index is 13.1. The molecule has 0 heterocycles. The molecule has 0 atom stereocenters. The zero-order chi connectivity index (χ0) is 29.7. The van der Waals surface area contributed by atoms with Gasteiger partial charge in [-0.2, -0.15) is 10.2 Å². The standard InChI is InChI=1S/C24H46N4O8S4/c1-2-3-4-5-6-7-14-19-24(37(29,30)20-25-27-39(33,34)22-15-10-8-11-16-22)38(31,32)21-26-28-40(35,36)23-17-12-9-13-18-23/h20-24,27-28H,2-19H2,1H3. The van der Waals surface area contributed by atoms with Gasteiger partial charge in [-0.3, -0.25) is 0 Å². The van der Waals surface area contributed by atoms with Crippen LogP contribution in [0.4, 0.5) is 0 Å². The van der Waals surface area contributed by atoms with Gasteiger partial charge < -0.3 is 0 Å². The number of unbranched alkanes of at least 4 members (excludes halogenated alkanes) is 6. The van der Waals surface area contributed by atoms with Crippen molar-refractivity contribution in [2.24, 2.45) is 10.2 Å². The van der Waals surface area contributed by atoms with E-state index in [9.17, 15) is 33.7 Å². The summed E-state index contributed by atoms with van der Waals surface area (Å²) in [5, 5.41) is 5.46. The van der Waals surface area contributed by atoms with Crippen LogP contribution in [0.15, 0.2) is 10.2 Å². The molecule has 2 fully saturated rings. The molecule has 12 nitrogen and oxygen atoms in total. The summed E-state index contributed by atoms with van der Waals surface area (Å²) >= 11 is 0. The summed E-state index contributed by atoms with van der Waals surface area (Å²) in [7, 11) is -17.0. The van der Waals surface area contributed by atoms with Crippen molar-refractivity contribution in [2.75, 3.05) is 0 Å². The lowest BCUT2D eigenvalue weighted by atomic mass is 10.0. The molecule has 2 aliphatic rings. The van der Waals surface area contributed by atoms with Crippen molar-refractivity contribution >= 4 is 50.8 Å². The smallest absolute Gasteiger partial charge is 0.221 e. The monoisotopic (exact) mass is 646 g/mol. The van der Waals surface area contributed by atoms with Crippen molar-refractivity contribution in [3.05, 3.63) is 0 Å². The minimum absolute atomic E-state index is 0.263. The number of hydrogen-bond donors (Lipinski definition) is 2. The van der Waals surface area contributed by atoms with Gasteiger partial charge in [0.05, 0.1) is 10.5 Å². The maximum Gasteiger partial charge on any atom is 0.250 e. The maximum absolute atomic E-state index is 13.1. The first-order valence-electron chi connectivity index (χ1n) is 14.4. The number of rotatable bonds is 18. The SMILES string of the molecule is CCCCCCCCCC(S(=O)(=O)C=NNS(=O)(=O)C1CCCCC1)S(=O)(=O)C=NNS(=O)(=O)C1CCCCC1. The molecule has 2 aliphatic carbocycles. The first-order valence-corrected chi connectivity index (χ1v) is 20.7. The molecular formula is C24H46N4O8S4. The Kier molecular flexibility index (Phi) is 14.3. The van der Waals surface area contributed by atoms with E-state index in [4.69, 9.17) is 0 Å². The first kappa shape index (κ1) is 34.9. The third-order valence-corrected chi connectivity index (χ3v) is 15.3. The van der Waals surface area contributed by atoms with E-state index in [-0.39, 0.29) is 6.42 Å². The van der Waals surface area contributed by atoms with E-state index in [2.05, 4.69) is 17.1 Å². The minimum atomic E-state index is -4.60.